The maximum Gasteiger partial charge on any atom is 0.508 e. The van der Waals surface area contributed by atoms with Gasteiger partial charge in [-0.3, -0.25) is 0 Å². The zero-order valence-corrected chi connectivity index (χ0v) is 17.3. The summed E-state index contributed by atoms with van der Waals surface area (Å²) in [4.78, 5) is 12.0. The molecule has 0 aliphatic rings. The second kappa shape index (κ2) is 8.05. The number of ether oxygens (including phenoxy) is 3. The molecule has 0 aromatic heterocycles. The predicted octanol–water partition coefficient (Wildman–Crippen LogP) is 4.56. The van der Waals surface area contributed by atoms with Crippen LogP contribution in [0.3, 0.4) is 0 Å². The third-order valence-electron chi connectivity index (χ3n) is 4.89. The Bertz CT molecular complexity index is 399. The van der Waals surface area contributed by atoms with Crippen molar-refractivity contribution >= 4 is 6.16 Å². The van der Waals surface area contributed by atoms with E-state index >= 15 is 0 Å². The highest BCUT2D eigenvalue weighted by Gasteiger charge is 2.41. The van der Waals surface area contributed by atoms with E-state index in [9.17, 15) is 9.90 Å². The second-order valence-electron chi connectivity index (χ2n) is 9.32. The van der Waals surface area contributed by atoms with Gasteiger partial charge in [-0.2, -0.15) is 0 Å². The first-order chi connectivity index (χ1) is 10.5. The van der Waals surface area contributed by atoms with Crippen LogP contribution in [0, 0.1) is 11.3 Å². The Kier molecular flexibility index (Phi) is 7.77. The zero-order chi connectivity index (χ0) is 19.4. The van der Waals surface area contributed by atoms with Crippen molar-refractivity contribution in [3.05, 3.63) is 0 Å². The Morgan fingerprint density at radius 1 is 1.00 bits per heavy atom. The van der Waals surface area contributed by atoms with E-state index in [0.717, 1.165) is 6.42 Å². The maximum atomic E-state index is 12.0. The van der Waals surface area contributed by atoms with Gasteiger partial charge in [-0.05, 0) is 54.9 Å². The minimum Gasteiger partial charge on any atom is -0.434 e. The molecule has 0 rings (SSSR count). The Labute approximate surface area is 148 Å². The number of hydrogen-bond donors (Lipinski definition) is 1. The first-order valence-electron chi connectivity index (χ1n) is 8.70. The fourth-order valence-electron chi connectivity index (χ4n) is 1.69. The van der Waals surface area contributed by atoms with Crippen LogP contribution in [0.25, 0.3) is 0 Å². The minimum atomic E-state index is -0.903. The van der Waals surface area contributed by atoms with E-state index in [1.54, 1.807) is 13.8 Å². The van der Waals surface area contributed by atoms with Gasteiger partial charge in [0.15, 0.2) is 0 Å². The smallest absolute Gasteiger partial charge is 0.434 e. The van der Waals surface area contributed by atoms with Gasteiger partial charge in [-0.1, -0.05) is 20.8 Å². The number of carbonyl (C=O) groups is 1. The van der Waals surface area contributed by atoms with Crippen molar-refractivity contribution in [1.29, 1.82) is 0 Å². The number of carbonyl (C=O) groups excluding carboxylic acids is 1. The van der Waals surface area contributed by atoms with Crippen LogP contribution in [-0.2, 0) is 14.2 Å². The van der Waals surface area contributed by atoms with Crippen LogP contribution < -0.4 is 0 Å². The van der Waals surface area contributed by atoms with Gasteiger partial charge in [0.25, 0.3) is 0 Å². The second-order valence-corrected chi connectivity index (χ2v) is 9.32. The molecule has 144 valence electrons. The SMILES string of the molecule is CC(COC(=O)OC(C)(C)C(C)(C)CCOC(C)(C)C)C(C)(C)O. The lowest BCUT2D eigenvalue weighted by atomic mass is 9.74. The summed E-state index contributed by atoms with van der Waals surface area (Å²) in [6.45, 7) is 19.8. The number of aliphatic hydroxyl groups is 1. The van der Waals surface area contributed by atoms with E-state index in [4.69, 9.17) is 14.2 Å². The molecule has 0 spiro atoms. The van der Waals surface area contributed by atoms with Gasteiger partial charge < -0.3 is 19.3 Å². The highest BCUT2D eigenvalue weighted by molar-refractivity contribution is 5.60. The summed E-state index contributed by atoms with van der Waals surface area (Å²) in [5.74, 6) is -0.179. The molecule has 1 unspecified atom stereocenters. The van der Waals surface area contributed by atoms with Crippen LogP contribution in [0.2, 0.25) is 0 Å². The Balaban J connectivity index is 4.56. The lowest BCUT2D eigenvalue weighted by molar-refractivity contribution is -0.103. The topological polar surface area (TPSA) is 65.0 Å². The summed E-state index contributed by atoms with van der Waals surface area (Å²) >= 11 is 0. The quantitative estimate of drug-likeness (QED) is 0.653. The van der Waals surface area contributed by atoms with Crippen molar-refractivity contribution in [3.8, 4) is 0 Å². The third kappa shape index (κ3) is 8.34. The first kappa shape index (κ1) is 23.2. The lowest BCUT2D eigenvalue weighted by Crippen LogP contribution is -2.44. The molecule has 0 radical (unpaired) electrons. The molecule has 24 heavy (non-hydrogen) atoms. The zero-order valence-electron chi connectivity index (χ0n) is 17.3. The highest BCUT2D eigenvalue weighted by atomic mass is 16.7. The van der Waals surface area contributed by atoms with E-state index in [1.165, 1.54) is 0 Å². The van der Waals surface area contributed by atoms with Crippen molar-refractivity contribution in [2.75, 3.05) is 13.2 Å². The van der Waals surface area contributed by atoms with Crippen molar-refractivity contribution in [3.63, 3.8) is 0 Å². The molecule has 0 heterocycles. The molecule has 0 aromatic carbocycles. The normalized spacial score (nSPS) is 15.1. The molecule has 0 fully saturated rings. The van der Waals surface area contributed by atoms with Crippen molar-refractivity contribution in [2.45, 2.75) is 92.5 Å². The van der Waals surface area contributed by atoms with Gasteiger partial charge in [0, 0.05) is 17.9 Å². The van der Waals surface area contributed by atoms with Gasteiger partial charge in [-0.25, -0.2) is 4.79 Å². The van der Waals surface area contributed by atoms with E-state index in [2.05, 4.69) is 0 Å². The van der Waals surface area contributed by atoms with Gasteiger partial charge in [-0.15, -0.1) is 0 Å². The van der Waals surface area contributed by atoms with Crippen LogP contribution in [0.1, 0.15) is 75.7 Å². The maximum absolute atomic E-state index is 12.0. The summed E-state index contributed by atoms with van der Waals surface area (Å²) in [6, 6.07) is 0. The summed E-state index contributed by atoms with van der Waals surface area (Å²) in [5, 5.41) is 9.88. The first-order valence-corrected chi connectivity index (χ1v) is 8.70. The number of hydrogen-bond acceptors (Lipinski definition) is 5. The lowest BCUT2D eigenvalue weighted by Gasteiger charge is -2.41. The molecule has 0 bridgehead atoms. The Morgan fingerprint density at radius 3 is 1.92 bits per heavy atom. The molecule has 0 amide bonds. The van der Waals surface area contributed by atoms with E-state index in [-0.39, 0.29) is 23.5 Å². The standard InChI is InChI=1S/C19H38O5/c1-14(18(7,8)21)13-22-15(20)24-19(9,10)17(5,6)11-12-23-16(2,3)4/h14,21H,11-13H2,1-10H3. The molecule has 1 N–H and O–H groups in total. The predicted molar refractivity (Wildman–Crippen MR) is 96.1 cm³/mol. The van der Waals surface area contributed by atoms with Gasteiger partial charge >= 0.3 is 6.16 Å². The minimum absolute atomic E-state index is 0.117. The van der Waals surface area contributed by atoms with Crippen molar-refractivity contribution < 1.29 is 24.1 Å². The van der Waals surface area contributed by atoms with Crippen LogP contribution in [0.5, 0.6) is 0 Å². The molecule has 5 heteroatoms. The summed E-state index contributed by atoms with van der Waals surface area (Å²) in [5.41, 5.74) is -2.07. The largest absolute Gasteiger partial charge is 0.508 e. The van der Waals surface area contributed by atoms with Crippen LogP contribution >= 0.6 is 0 Å². The fraction of sp³-hybridized carbons (Fsp3) is 0.947. The molecule has 0 saturated carbocycles. The van der Waals surface area contributed by atoms with Gasteiger partial charge in [0.2, 0.25) is 0 Å². The van der Waals surface area contributed by atoms with Crippen molar-refractivity contribution in [1.82, 2.24) is 0 Å². The molecule has 0 aliphatic heterocycles. The summed E-state index contributed by atoms with van der Waals surface area (Å²) in [6.07, 6.45) is 0.0471. The molecular weight excluding hydrogens is 308 g/mol. The molecule has 1 atom stereocenters. The monoisotopic (exact) mass is 346 g/mol. The molecule has 0 saturated heterocycles. The highest BCUT2D eigenvalue weighted by Crippen LogP contribution is 2.37. The van der Waals surface area contributed by atoms with Crippen LogP contribution in [0.15, 0.2) is 0 Å². The fourth-order valence-corrected chi connectivity index (χ4v) is 1.69. The molecule has 0 aromatic rings. The van der Waals surface area contributed by atoms with E-state index in [0.29, 0.717) is 6.61 Å². The van der Waals surface area contributed by atoms with E-state index < -0.39 is 17.4 Å². The molecule has 5 nitrogen and oxygen atoms in total. The Hall–Kier alpha value is -0.810. The average molecular weight is 347 g/mol. The summed E-state index contributed by atoms with van der Waals surface area (Å²) < 4.78 is 16.5. The van der Waals surface area contributed by atoms with Crippen molar-refractivity contribution in [2.24, 2.45) is 11.3 Å². The number of rotatable bonds is 8. The average Bonchev–Trinajstić information content (AvgIpc) is 2.31. The molecular formula is C19H38O5. The molecule has 0 aliphatic carbocycles. The third-order valence-corrected chi connectivity index (χ3v) is 4.89. The summed E-state index contributed by atoms with van der Waals surface area (Å²) in [7, 11) is 0. The van der Waals surface area contributed by atoms with Gasteiger partial charge in [0.1, 0.15) is 12.2 Å². The Morgan fingerprint density at radius 2 is 1.50 bits per heavy atom. The van der Waals surface area contributed by atoms with Crippen LogP contribution in [-0.4, -0.2) is 41.3 Å². The van der Waals surface area contributed by atoms with Crippen LogP contribution in [0.4, 0.5) is 4.79 Å². The van der Waals surface area contributed by atoms with E-state index in [1.807, 2.05) is 55.4 Å². The van der Waals surface area contributed by atoms with Gasteiger partial charge in [0.05, 0.1) is 11.2 Å².